The molecule has 1 N–H and O–H groups in total. The molecule has 0 aromatic rings. The molecule has 0 saturated carbocycles. The van der Waals surface area contributed by atoms with E-state index in [1.807, 2.05) is 0 Å². The van der Waals surface area contributed by atoms with Crippen molar-refractivity contribution < 1.29 is 28.5 Å². The Labute approximate surface area is 92.4 Å². The third-order valence-corrected chi connectivity index (χ3v) is 1.82. The number of aliphatic hydroxyl groups excluding tert-OH is 1. The van der Waals surface area contributed by atoms with Crippen molar-refractivity contribution in [2.24, 2.45) is 0 Å². The van der Waals surface area contributed by atoms with Crippen molar-refractivity contribution >= 4 is 5.91 Å². The Balaban J connectivity index is 0. The largest absolute Gasteiger partial charge is 0.396 e. The van der Waals surface area contributed by atoms with Gasteiger partial charge in [0.05, 0.1) is 0 Å². The van der Waals surface area contributed by atoms with Crippen molar-refractivity contribution in [3.63, 3.8) is 0 Å². The van der Waals surface area contributed by atoms with Crippen LogP contribution in [0.3, 0.4) is 0 Å². The van der Waals surface area contributed by atoms with Gasteiger partial charge in [0.1, 0.15) is 0 Å². The van der Waals surface area contributed by atoms with Gasteiger partial charge in [-0.15, -0.1) is 0 Å². The minimum absolute atomic E-state index is 0. The molecule has 3 nitrogen and oxygen atoms in total. The molecule has 13 heavy (non-hydrogen) atoms. The summed E-state index contributed by atoms with van der Waals surface area (Å²) in [4.78, 5) is 12.9. The fourth-order valence-electron chi connectivity index (χ4n) is 0.951. The molecule has 1 amide bonds. The van der Waals surface area contributed by atoms with Crippen LogP contribution in [0.2, 0.25) is 0 Å². The summed E-state index contributed by atoms with van der Waals surface area (Å²) in [5.41, 5.74) is 0. The summed E-state index contributed by atoms with van der Waals surface area (Å²) in [5, 5.41) is 8.54. The first kappa shape index (κ1) is 15.5. The Morgan fingerprint density at radius 2 is 2.00 bits per heavy atom. The number of rotatable bonds is 6. The van der Waals surface area contributed by atoms with Crippen molar-refractivity contribution in [3.8, 4) is 0 Å². The maximum atomic E-state index is 11.3. The van der Waals surface area contributed by atoms with Gasteiger partial charge in [0.15, 0.2) is 0 Å². The number of hydrogen-bond donors (Lipinski definition) is 1. The smallest absolute Gasteiger partial charge is 0.222 e. The van der Waals surface area contributed by atoms with Crippen LogP contribution < -0.4 is 0 Å². The van der Waals surface area contributed by atoms with E-state index < -0.39 is 0 Å². The molecule has 0 aliphatic rings. The predicted octanol–water partition coefficient (Wildman–Crippen LogP) is 1.01. The molecular weight excluding hydrogens is 205 g/mol. The number of unbranched alkanes of at least 4 members (excludes halogenated alkanes) is 1. The maximum absolute atomic E-state index is 11.3. The molecule has 0 saturated heterocycles. The molecule has 0 aromatic heterocycles. The van der Waals surface area contributed by atoms with Gasteiger partial charge in [-0.25, -0.2) is 0 Å². The second kappa shape index (κ2) is 10.1. The van der Waals surface area contributed by atoms with E-state index in [1.165, 1.54) is 0 Å². The van der Waals surface area contributed by atoms with Gasteiger partial charge in [0.2, 0.25) is 5.91 Å². The zero-order valence-corrected chi connectivity index (χ0v) is 9.89. The molecule has 0 spiro atoms. The summed E-state index contributed by atoms with van der Waals surface area (Å²) in [7, 11) is 1.79. The number of carbonyl (C=O) groups excluding carboxylic acids is 1. The molecule has 0 aromatic carbocycles. The van der Waals surface area contributed by atoms with Crippen LogP contribution in [0.1, 0.15) is 32.6 Å². The van der Waals surface area contributed by atoms with E-state index >= 15 is 0 Å². The van der Waals surface area contributed by atoms with E-state index in [9.17, 15) is 4.79 Å². The van der Waals surface area contributed by atoms with E-state index in [2.05, 4.69) is 6.92 Å². The van der Waals surface area contributed by atoms with Crippen LogP contribution in [0, 0.1) is 0 Å². The third kappa shape index (κ3) is 8.35. The van der Waals surface area contributed by atoms with Gasteiger partial charge < -0.3 is 10.0 Å². The van der Waals surface area contributed by atoms with Gasteiger partial charge in [-0.3, -0.25) is 4.79 Å². The Bertz CT molecular complexity index is 131. The SMILES string of the molecule is CCCCC(=O)N(C)CCCO.[V]. The fourth-order valence-corrected chi connectivity index (χ4v) is 0.951. The second-order valence-corrected chi connectivity index (χ2v) is 3.00. The summed E-state index contributed by atoms with van der Waals surface area (Å²) < 4.78 is 0. The first-order chi connectivity index (χ1) is 5.72. The molecule has 0 rings (SSSR count). The van der Waals surface area contributed by atoms with Crippen LogP contribution in [0.4, 0.5) is 0 Å². The minimum atomic E-state index is 0. The molecule has 0 bridgehead atoms. The standard InChI is InChI=1S/C9H19NO2.V/c1-3-4-6-9(12)10(2)7-5-8-11;/h11H,3-8H2,1-2H3;. The molecule has 77 valence electrons. The normalized spacial score (nSPS) is 9.15. The monoisotopic (exact) mass is 224 g/mol. The molecule has 0 aliphatic heterocycles. The molecule has 4 heteroatoms. The predicted molar refractivity (Wildman–Crippen MR) is 48.9 cm³/mol. The second-order valence-electron chi connectivity index (χ2n) is 3.00. The van der Waals surface area contributed by atoms with Crippen molar-refractivity contribution in [1.29, 1.82) is 0 Å². The summed E-state index contributed by atoms with van der Waals surface area (Å²) in [6, 6.07) is 0. The van der Waals surface area contributed by atoms with Gasteiger partial charge >= 0.3 is 0 Å². The molecule has 0 atom stereocenters. The average molecular weight is 224 g/mol. The number of hydrogen-bond acceptors (Lipinski definition) is 2. The number of carbonyl (C=O) groups is 1. The van der Waals surface area contributed by atoms with Crippen molar-refractivity contribution in [2.75, 3.05) is 20.2 Å². The number of nitrogens with zero attached hydrogens (tertiary/aromatic N) is 1. The molecule has 0 heterocycles. The quantitative estimate of drug-likeness (QED) is 0.731. The van der Waals surface area contributed by atoms with Gasteiger partial charge in [-0.2, -0.15) is 0 Å². The van der Waals surface area contributed by atoms with Crippen LogP contribution in [0.5, 0.6) is 0 Å². The first-order valence-electron chi connectivity index (χ1n) is 4.57. The zero-order chi connectivity index (χ0) is 9.40. The van der Waals surface area contributed by atoms with Gasteiger partial charge in [0, 0.05) is 45.2 Å². The Kier molecular flexibility index (Phi) is 12.0. The van der Waals surface area contributed by atoms with E-state index in [1.54, 1.807) is 11.9 Å². The summed E-state index contributed by atoms with van der Waals surface area (Å²) in [6.45, 7) is 2.89. The molecule has 0 unspecified atom stereocenters. The first-order valence-corrected chi connectivity index (χ1v) is 4.57. The molecule has 0 aliphatic carbocycles. The Hall–Kier alpha value is 0.0144. The van der Waals surface area contributed by atoms with E-state index in [-0.39, 0.29) is 31.1 Å². The molecule has 1 radical (unpaired) electrons. The summed E-state index contributed by atoms with van der Waals surface area (Å²) >= 11 is 0. The van der Waals surface area contributed by atoms with E-state index in [0.717, 1.165) is 12.8 Å². The topological polar surface area (TPSA) is 40.5 Å². The van der Waals surface area contributed by atoms with Gasteiger partial charge in [-0.05, 0) is 12.8 Å². The summed E-state index contributed by atoms with van der Waals surface area (Å²) in [6.07, 6.45) is 3.33. The molecule has 0 fully saturated rings. The van der Waals surface area contributed by atoms with Crippen molar-refractivity contribution in [2.45, 2.75) is 32.6 Å². The zero-order valence-electron chi connectivity index (χ0n) is 8.49. The Morgan fingerprint density at radius 3 is 2.46 bits per heavy atom. The van der Waals surface area contributed by atoms with Gasteiger partial charge in [-0.1, -0.05) is 13.3 Å². The summed E-state index contributed by atoms with van der Waals surface area (Å²) in [5.74, 6) is 0.185. The van der Waals surface area contributed by atoms with Crippen molar-refractivity contribution in [3.05, 3.63) is 0 Å². The van der Waals surface area contributed by atoms with Crippen LogP contribution >= 0.6 is 0 Å². The van der Waals surface area contributed by atoms with Crippen LogP contribution in [0.25, 0.3) is 0 Å². The fraction of sp³-hybridized carbons (Fsp3) is 0.889. The third-order valence-electron chi connectivity index (χ3n) is 1.82. The van der Waals surface area contributed by atoms with E-state index in [0.29, 0.717) is 19.4 Å². The van der Waals surface area contributed by atoms with Crippen LogP contribution in [-0.2, 0) is 23.4 Å². The molecular formula is C9H19NO2V. The number of amides is 1. The van der Waals surface area contributed by atoms with Gasteiger partial charge in [0.25, 0.3) is 0 Å². The van der Waals surface area contributed by atoms with Crippen LogP contribution in [0.15, 0.2) is 0 Å². The maximum Gasteiger partial charge on any atom is 0.222 e. The minimum Gasteiger partial charge on any atom is -0.396 e. The number of aliphatic hydroxyl groups is 1. The Morgan fingerprint density at radius 1 is 1.38 bits per heavy atom. The van der Waals surface area contributed by atoms with Crippen molar-refractivity contribution in [1.82, 2.24) is 4.90 Å². The van der Waals surface area contributed by atoms with E-state index in [4.69, 9.17) is 5.11 Å². The average Bonchev–Trinajstić information content (AvgIpc) is 2.10. The van der Waals surface area contributed by atoms with Crippen LogP contribution in [-0.4, -0.2) is 36.1 Å².